The fourth-order valence-corrected chi connectivity index (χ4v) is 2.32. The van der Waals surface area contributed by atoms with Crippen molar-refractivity contribution in [2.75, 3.05) is 6.61 Å². The van der Waals surface area contributed by atoms with Crippen LogP contribution >= 0.6 is 0 Å². The van der Waals surface area contributed by atoms with Gasteiger partial charge in [0.05, 0.1) is 0 Å². The van der Waals surface area contributed by atoms with Crippen molar-refractivity contribution in [3.8, 4) is 0 Å². The predicted octanol–water partition coefficient (Wildman–Crippen LogP) is 2.25. The quantitative estimate of drug-likeness (QED) is 0.896. The topological polar surface area (TPSA) is 55.4 Å². The molecule has 4 nitrogen and oxygen atoms in total. The molecule has 1 fully saturated rings. The van der Waals surface area contributed by atoms with Crippen molar-refractivity contribution in [2.45, 2.75) is 38.8 Å². The highest BCUT2D eigenvalue weighted by molar-refractivity contribution is 5.92. The van der Waals surface area contributed by atoms with E-state index < -0.39 is 12.1 Å². The number of ketones is 1. The van der Waals surface area contributed by atoms with Gasteiger partial charge in [-0.3, -0.25) is 9.59 Å². The SMILES string of the molecule is CC(C)C(=O)[C@H](NC(=O)C1CCCO1)c1ccccc1. The molecular weight excluding hydrogens is 254 g/mol. The smallest absolute Gasteiger partial charge is 0.249 e. The number of nitrogens with one attached hydrogen (secondary N) is 1. The molecule has 0 radical (unpaired) electrons. The minimum absolute atomic E-state index is 0.0162. The third kappa shape index (κ3) is 3.45. The van der Waals surface area contributed by atoms with Gasteiger partial charge >= 0.3 is 0 Å². The van der Waals surface area contributed by atoms with Gasteiger partial charge in [0.15, 0.2) is 5.78 Å². The molecule has 0 spiro atoms. The number of Topliss-reactive ketones (excluding diaryl/α,β-unsaturated/α-hetero) is 1. The summed E-state index contributed by atoms with van der Waals surface area (Å²) in [6.45, 7) is 4.30. The first-order valence-electron chi connectivity index (χ1n) is 7.10. The van der Waals surface area contributed by atoms with Gasteiger partial charge in [-0.25, -0.2) is 0 Å². The van der Waals surface area contributed by atoms with E-state index in [4.69, 9.17) is 4.74 Å². The molecule has 1 saturated heterocycles. The third-order valence-electron chi connectivity index (χ3n) is 3.50. The lowest BCUT2D eigenvalue weighted by Gasteiger charge is -2.21. The Labute approximate surface area is 119 Å². The maximum absolute atomic E-state index is 12.3. The van der Waals surface area contributed by atoms with E-state index in [0.29, 0.717) is 6.61 Å². The molecule has 2 atom stereocenters. The second kappa shape index (κ2) is 6.66. The average molecular weight is 275 g/mol. The molecule has 1 unspecified atom stereocenters. The van der Waals surface area contributed by atoms with E-state index in [1.807, 2.05) is 44.2 Å². The summed E-state index contributed by atoms with van der Waals surface area (Å²) in [4.78, 5) is 24.5. The number of hydrogen-bond acceptors (Lipinski definition) is 3. The van der Waals surface area contributed by atoms with Crippen molar-refractivity contribution >= 4 is 11.7 Å². The van der Waals surface area contributed by atoms with Gasteiger partial charge in [-0.2, -0.15) is 0 Å². The standard InChI is InChI=1S/C16H21NO3/c1-11(2)15(18)14(12-7-4-3-5-8-12)17-16(19)13-9-6-10-20-13/h3-5,7-8,11,13-14H,6,9-10H2,1-2H3,(H,17,19)/t13?,14-/m1/s1. The maximum atomic E-state index is 12.3. The van der Waals surface area contributed by atoms with Crippen molar-refractivity contribution in [1.29, 1.82) is 0 Å². The normalized spacial score (nSPS) is 19.9. The Bertz CT molecular complexity index is 464. The first-order chi connectivity index (χ1) is 9.59. The number of rotatable bonds is 5. The Balaban J connectivity index is 2.14. The fraction of sp³-hybridized carbons (Fsp3) is 0.500. The molecule has 1 aromatic carbocycles. The second-order valence-corrected chi connectivity index (χ2v) is 5.41. The summed E-state index contributed by atoms with van der Waals surface area (Å²) in [5, 5.41) is 2.84. The van der Waals surface area contributed by atoms with E-state index in [9.17, 15) is 9.59 Å². The number of carbonyl (C=O) groups excluding carboxylic acids is 2. The van der Waals surface area contributed by atoms with Crippen molar-refractivity contribution in [1.82, 2.24) is 5.32 Å². The second-order valence-electron chi connectivity index (χ2n) is 5.41. The van der Waals surface area contributed by atoms with E-state index in [1.54, 1.807) is 0 Å². The van der Waals surface area contributed by atoms with Crippen LogP contribution in [0.4, 0.5) is 0 Å². The lowest BCUT2D eigenvalue weighted by Crippen LogP contribution is -2.41. The molecule has 4 heteroatoms. The summed E-state index contributed by atoms with van der Waals surface area (Å²) in [6.07, 6.45) is 1.20. The molecule has 0 aliphatic carbocycles. The molecule has 1 aromatic rings. The first-order valence-corrected chi connectivity index (χ1v) is 7.10. The van der Waals surface area contributed by atoms with Gasteiger partial charge in [0.25, 0.3) is 0 Å². The van der Waals surface area contributed by atoms with Crippen LogP contribution < -0.4 is 5.32 Å². The summed E-state index contributed by atoms with van der Waals surface area (Å²) in [7, 11) is 0. The van der Waals surface area contributed by atoms with Gasteiger partial charge in [-0.1, -0.05) is 44.2 Å². The molecule has 1 amide bonds. The van der Waals surface area contributed by atoms with Gasteiger partial charge in [-0.15, -0.1) is 0 Å². The van der Waals surface area contributed by atoms with Crippen LogP contribution in [0.3, 0.4) is 0 Å². The van der Waals surface area contributed by atoms with Gasteiger partial charge in [0, 0.05) is 12.5 Å². The molecule has 1 heterocycles. The van der Waals surface area contributed by atoms with Crippen LogP contribution in [-0.4, -0.2) is 24.4 Å². The predicted molar refractivity (Wildman–Crippen MR) is 76.1 cm³/mol. The van der Waals surface area contributed by atoms with Crippen LogP contribution in [0.15, 0.2) is 30.3 Å². The Kier molecular flexibility index (Phi) is 4.90. The van der Waals surface area contributed by atoms with Crippen molar-refractivity contribution in [3.63, 3.8) is 0 Å². The summed E-state index contributed by atoms with van der Waals surface area (Å²) in [5.41, 5.74) is 0.817. The molecule has 1 aliphatic rings. The van der Waals surface area contributed by atoms with Gasteiger partial charge in [0.2, 0.25) is 5.91 Å². The molecular formula is C16H21NO3. The molecule has 108 valence electrons. The lowest BCUT2D eigenvalue weighted by atomic mass is 9.95. The van der Waals surface area contributed by atoms with E-state index >= 15 is 0 Å². The summed E-state index contributed by atoms with van der Waals surface area (Å²) < 4.78 is 5.37. The Morgan fingerprint density at radius 3 is 2.50 bits per heavy atom. The van der Waals surface area contributed by atoms with Crippen molar-refractivity contribution in [3.05, 3.63) is 35.9 Å². The van der Waals surface area contributed by atoms with E-state index in [-0.39, 0.29) is 17.6 Å². The Morgan fingerprint density at radius 2 is 1.95 bits per heavy atom. The van der Waals surface area contributed by atoms with Crippen LogP contribution in [0.2, 0.25) is 0 Å². The zero-order valence-corrected chi connectivity index (χ0v) is 12.0. The number of hydrogen-bond donors (Lipinski definition) is 1. The van der Waals surface area contributed by atoms with Crippen molar-refractivity contribution < 1.29 is 14.3 Å². The molecule has 1 N–H and O–H groups in total. The first kappa shape index (κ1) is 14.7. The average Bonchev–Trinajstić information content (AvgIpc) is 2.99. The molecule has 0 saturated carbocycles. The number of ether oxygens (including phenoxy) is 1. The number of carbonyl (C=O) groups is 2. The third-order valence-corrected chi connectivity index (χ3v) is 3.50. The highest BCUT2D eigenvalue weighted by atomic mass is 16.5. The number of benzene rings is 1. The minimum atomic E-state index is -0.590. The molecule has 1 aliphatic heterocycles. The fourth-order valence-electron chi connectivity index (χ4n) is 2.32. The minimum Gasteiger partial charge on any atom is -0.368 e. The molecule has 0 bridgehead atoms. The van der Waals surface area contributed by atoms with E-state index in [0.717, 1.165) is 18.4 Å². The zero-order chi connectivity index (χ0) is 14.5. The van der Waals surface area contributed by atoms with Crippen LogP contribution in [0, 0.1) is 5.92 Å². The van der Waals surface area contributed by atoms with Crippen LogP contribution in [-0.2, 0) is 14.3 Å². The van der Waals surface area contributed by atoms with Crippen molar-refractivity contribution in [2.24, 2.45) is 5.92 Å². The lowest BCUT2D eigenvalue weighted by molar-refractivity contribution is -0.135. The largest absolute Gasteiger partial charge is 0.368 e. The van der Waals surface area contributed by atoms with Gasteiger partial charge in [-0.05, 0) is 18.4 Å². The van der Waals surface area contributed by atoms with Gasteiger partial charge in [0.1, 0.15) is 12.1 Å². The Morgan fingerprint density at radius 1 is 1.25 bits per heavy atom. The van der Waals surface area contributed by atoms with Gasteiger partial charge < -0.3 is 10.1 Å². The van der Waals surface area contributed by atoms with Crippen LogP contribution in [0.1, 0.15) is 38.3 Å². The van der Waals surface area contributed by atoms with Crippen LogP contribution in [0.5, 0.6) is 0 Å². The van der Waals surface area contributed by atoms with E-state index in [2.05, 4.69) is 5.32 Å². The molecule has 20 heavy (non-hydrogen) atoms. The maximum Gasteiger partial charge on any atom is 0.249 e. The zero-order valence-electron chi connectivity index (χ0n) is 12.0. The van der Waals surface area contributed by atoms with E-state index in [1.165, 1.54) is 0 Å². The summed E-state index contributed by atoms with van der Waals surface area (Å²) >= 11 is 0. The van der Waals surface area contributed by atoms with Crippen LogP contribution in [0.25, 0.3) is 0 Å². The highest BCUT2D eigenvalue weighted by Gasteiger charge is 2.29. The Hall–Kier alpha value is -1.68. The molecule has 2 rings (SSSR count). The summed E-state index contributed by atoms with van der Waals surface area (Å²) in [6, 6.07) is 8.76. The highest BCUT2D eigenvalue weighted by Crippen LogP contribution is 2.20. The number of amides is 1. The monoisotopic (exact) mass is 275 g/mol. The molecule has 0 aromatic heterocycles. The summed E-state index contributed by atoms with van der Waals surface area (Å²) in [5.74, 6) is -0.307.